The second kappa shape index (κ2) is 13.7. The summed E-state index contributed by atoms with van der Waals surface area (Å²) in [6.45, 7) is 6.29. The van der Waals surface area contributed by atoms with Gasteiger partial charge in [0.1, 0.15) is 30.4 Å². The molecule has 2 aliphatic heterocycles. The summed E-state index contributed by atoms with van der Waals surface area (Å²) in [7, 11) is 0. The fourth-order valence-electron chi connectivity index (χ4n) is 5.37. The van der Waals surface area contributed by atoms with Gasteiger partial charge in [0.25, 0.3) is 0 Å². The maximum atomic E-state index is 11.7. The van der Waals surface area contributed by atoms with Crippen LogP contribution in [0.2, 0.25) is 0 Å². The molecule has 2 aliphatic rings. The molecule has 3 aromatic rings. The number of nitrogens with zero attached hydrogens (tertiary/aromatic N) is 6. The molecule has 0 aliphatic carbocycles. The first-order valence-electron chi connectivity index (χ1n) is 14.1. The van der Waals surface area contributed by atoms with Gasteiger partial charge < -0.3 is 19.8 Å². The first-order chi connectivity index (χ1) is 20.0. The number of ether oxygens (including phenoxy) is 1. The first-order valence-corrected chi connectivity index (χ1v) is 14.1. The standard InChI is InChI=1S/C31H36N6O4/c32-19-26-18-25(5-6-29(26)41-27-8-10-37(21-27)31(40)22-39)28-7-9-33-30(34-28)17-23-1-3-24(4-2-23)20-36-13-11-35(12-14-36)15-16-38/h1-7,9,18,27,38-39H,8,10-17,20-22H2/t27-/m1/s1. The molecule has 0 radical (unpaired) electrons. The summed E-state index contributed by atoms with van der Waals surface area (Å²) in [5.41, 5.74) is 4.34. The zero-order valence-corrected chi connectivity index (χ0v) is 23.2. The van der Waals surface area contributed by atoms with E-state index in [1.54, 1.807) is 23.2 Å². The first kappa shape index (κ1) is 28.6. The van der Waals surface area contributed by atoms with Crippen LogP contribution in [0.4, 0.5) is 0 Å². The molecule has 1 aromatic heterocycles. The van der Waals surface area contributed by atoms with E-state index in [4.69, 9.17) is 19.9 Å². The third-order valence-corrected chi connectivity index (χ3v) is 7.70. The number of hydrogen-bond donors (Lipinski definition) is 2. The van der Waals surface area contributed by atoms with Crippen molar-refractivity contribution in [3.8, 4) is 23.1 Å². The minimum absolute atomic E-state index is 0.216. The molecule has 1 amide bonds. The van der Waals surface area contributed by atoms with Gasteiger partial charge in [0, 0.05) is 70.4 Å². The number of carbonyl (C=O) groups is 1. The van der Waals surface area contributed by atoms with Gasteiger partial charge >= 0.3 is 0 Å². The molecule has 41 heavy (non-hydrogen) atoms. The minimum Gasteiger partial charge on any atom is -0.487 e. The quantitative estimate of drug-likeness (QED) is 0.384. The molecule has 214 valence electrons. The fourth-order valence-corrected chi connectivity index (χ4v) is 5.37. The van der Waals surface area contributed by atoms with Gasteiger partial charge in [-0.3, -0.25) is 14.6 Å². The van der Waals surface area contributed by atoms with Crippen LogP contribution >= 0.6 is 0 Å². The van der Waals surface area contributed by atoms with Crippen LogP contribution < -0.4 is 4.74 Å². The maximum absolute atomic E-state index is 11.7. The number of aromatic nitrogens is 2. The van der Waals surface area contributed by atoms with E-state index < -0.39 is 6.61 Å². The summed E-state index contributed by atoms with van der Waals surface area (Å²) >= 11 is 0. The second-order valence-electron chi connectivity index (χ2n) is 10.5. The molecule has 5 rings (SSSR count). The van der Waals surface area contributed by atoms with Gasteiger partial charge in [-0.25, -0.2) is 9.97 Å². The van der Waals surface area contributed by atoms with Crippen molar-refractivity contribution in [2.45, 2.75) is 25.5 Å². The van der Waals surface area contributed by atoms with E-state index in [2.05, 4.69) is 45.1 Å². The highest BCUT2D eigenvalue weighted by Gasteiger charge is 2.27. The summed E-state index contributed by atoms with van der Waals surface area (Å²) in [5.74, 6) is 0.863. The van der Waals surface area contributed by atoms with Crippen molar-refractivity contribution in [1.29, 1.82) is 5.26 Å². The number of benzene rings is 2. The SMILES string of the molecule is N#Cc1cc(-c2ccnc(Cc3ccc(CN4CCN(CCO)CC4)cc3)n2)ccc1O[C@@H]1CCN(C(=O)CO)C1. The van der Waals surface area contributed by atoms with E-state index in [9.17, 15) is 10.1 Å². The van der Waals surface area contributed by atoms with E-state index in [1.807, 2.05) is 12.1 Å². The Kier molecular flexibility index (Phi) is 9.54. The van der Waals surface area contributed by atoms with E-state index in [0.29, 0.717) is 43.1 Å². The van der Waals surface area contributed by atoms with Crippen LogP contribution in [0.1, 0.15) is 28.9 Å². The monoisotopic (exact) mass is 556 g/mol. The largest absolute Gasteiger partial charge is 0.487 e. The van der Waals surface area contributed by atoms with Crippen LogP contribution in [0.25, 0.3) is 11.3 Å². The average molecular weight is 557 g/mol. The average Bonchev–Trinajstić information content (AvgIpc) is 3.48. The molecule has 2 aromatic carbocycles. The van der Waals surface area contributed by atoms with E-state index in [-0.39, 0.29) is 18.6 Å². The molecule has 1 atom stereocenters. The van der Waals surface area contributed by atoms with Crippen molar-refractivity contribution >= 4 is 5.91 Å². The van der Waals surface area contributed by atoms with E-state index in [0.717, 1.165) is 56.1 Å². The van der Waals surface area contributed by atoms with Gasteiger partial charge in [-0.05, 0) is 35.4 Å². The molecular formula is C31H36N6O4. The topological polar surface area (TPSA) is 126 Å². The molecule has 2 fully saturated rings. The molecule has 2 saturated heterocycles. The zero-order chi connectivity index (χ0) is 28.6. The van der Waals surface area contributed by atoms with E-state index >= 15 is 0 Å². The number of nitriles is 1. The second-order valence-corrected chi connectivity index (χ2v) is 10.5. The number of piperazine rings is 1. The number of carbonyl (C=O) groups excluding carboxylic acids is 1. The predicted molar refractivity (Wildman–Crippen MR) is 153 cm³/mol. The zero-order valence-electron chi connectivity index (χ0n) is 23.2. The minimum atomic E-state index is -0.512. The Balaban J connectivity index is 1.19. The third kappa shape index (κ3) is 7.45. The molecular weight excluding hydrogens is 520 g/mol. The Bertz CT molecular complexity index is 1370. The predicted octanol–water partition coefficient (Wildman–Crippen LogP) is 1.69. The van der Waals surface area contributed by atoms with Gasteiger partial charge in [0.15, 0.2) is 0 Å². The lowest BCUT2D eigenvalue weighted by molar-refractivity contribution is -0.133. The van der Waals surface area contributed by atoms with Crippen LogP contribution in [0.5, 0.6) is 5.75 Å². The Hall–Kier alpha value is -3.88. The van der Waals surface area contributed by atoms with Gasteiger partial charge in [-0.15, -0.1) is 0 Å². The fraction of sp³-hybridized carbons (Fsp3) is 0.419. The highest BCUT2D eigenvalue weighted by molar-refractivity contribution is 5.77. The molecule has 0 saturated carbocycles. The highest BCUT2D eigenvalue weighted by Crippen LogP contribution is 2.28. The molecule has 0 unspecified atom stereocenters. The van der Waals surface area contributed by atoms with E-state index in [1.165, 1.54) is 5.56 Å². The Morgan fingerprint density at radius 2 is 1.76 bits per heavy atom. The lowest BCUT2D eigenvalue weighted by Crippen LogP contribution is -2.46. The normalized spacial score (nSPS) is 17.9. The summed E-state index contributed by atoms with van der Waals surface area (Å²) in [6, 6.07) is 18.1. The summed E-state index contributed by atoms with van der Waals surface area (Å²) in [5, 5.41) is 28.0. The number of likely N-dealkylation sites (tertiary alicyclic amines) is 1. The van der Waals surface area contributed by atoms with Gasteiger partial charge in [-0.1, -0.05) is 24.3 Å². The smallest absolute Gasteiger partial charge is 0.248 e. The van der Waals surface area contributed by atoms with Crippen molar-refractivity contribution in [3.05, 3.63) is 77.2 Å². The van der Waals surface area contributed by atoms with Crippen molar-refractivity contribution in [2.75, 3.05) is 59.0 Å². The number of β-amino-alcohol motifs (C(OH)–C–C–N with tert-alkyl or cyclic N) is 1. The number of rotatable bonds is 10. The Morgan fingerprint density at radius 3 is 2.49 bits per heavy atom. The van der Waals surface area contributed by atoms with Gasteiger partial charge in [0.05, 0.1) is 24.4 Å². The number of amides is 1. The van der Waals surface area contributed by atoms with Crippen LogP contribution in [0.15, 0.2) is 54.7 Å². The van der Waals surface area contributed by atoms with Crippen molar-refractivity contribution < 1.29 is 19.7 Å². The highest BCUT2D eigenvalue weighted by atomic mass is 16.5. The lowest BCUT2D eigenvalue weighted by atomic mass is 10.1. The molecule has 10 heteroatoms. The van der Waals surface area contributed by atoms with Crippen LogP contribution in [-0.4, -0.2) is 106 Å². The summed E-state index contributed by atoms with van der Waals surface area (Å²) in [4.78, 5) is 27.3. The van der Waals surface area contributed by atoms with Crippen LogP contribution in [0, 0.1) is 11.3 Å². The molecule has 10 nitrogen and oxygen atoms in total. The molecule has 3 heterocycles. The number of hydrogen-bond acceptors (Lipinski definition) is 9. The van der Waals surface area contributed by atoms with Crippen molar-refractivity contribution in [3.63, 3.8) is 0 Å². The van der Waals surface area contributed by atoms with Crippen LogP contribution in [0.3, 0.4) is 0 Å². The summed E-state index contributed by atoms with van der Waals surface area (Å²) in [6.07, 6.45) is 2.77. The number of aliphatic hydroxyl groups excluding tert-OH is 2. The van der Waals surface area contributed by atoms with Crippen molar-refractivity contribution in [1.82, 2.24) is 24.7 Å². The Labute approximate surface area is 240 Å². The molecule has 0 spiro atoms. The lowest BCUT2D eigenvalue weighted by Gasteiger charge is -2.34. The van der Waals surface area contributed by atoms with Gasteiger partial charge in [0.2, 0.25) is 5.91 Å². The third-order valence-electron chi connectivity index (χ3n) is 7.70. The summed E-state index contributed by atoms with van der Waals surface area (Å²) < 4.78 is 6.04. The van der Waals surface area contributed by atoms with Gasteiger partial charge in [-0.2, -0.15) is 5.26 Å². The van der Waals surface area contributed by atoms with Crippen molar-refractivity contribution in [2.24, 2.45) is 0 Å². The van der Waals surface area contributed by atoms with Crippen LogP contribution in [-0.2, 0) is 17.8 Å². The molecule has 0 bridgehead atoms. The number of aliphatic hydroxyl groups is 2. The maximum Gasteiger partial charge on any atom is 0.248 e. The molecule has 2 N–H and O–H groups in total. The Morgan fingerprint density at radius 1 is 1.00 bits per heavy atom.